The van der Waals surface area contributed by atoms with Crippen LogP contribution >= 0.6 is 0 Å². The van der Waals surface area contributed by atoms with Gasteiger partial charge in [-0.05, 0) is 49.8 Å². The van der Waals surface area contributed by atoms with Gasteiger partial charge in [0.15, 0.2) is 0 Å². The van der Waals surface area contributed by atoms with Crippen LogP contribution in [0.2, 0.25) is 0 Å². The zero-order chi connectivity index (χ0) is 20.5. The summed E-state index contributed by atoms with van der Waals surface area (Å²) in [6.07, 6.45) is 21.6. The van der Waals surface area contributed by atoms with E-state index in [1.54, 1.807) is 0 Å². The minimum absolute atomic E-state index is 0.290. The largest absolute Gasteiger partial charge is 0.530 e. The van der Waals surface area contributed by atoms with Gasteiger partial charge in [0.05, 0.1) is 0 Å². The highest BCUT2D eigenvalue weighted by atomic mass is 28.4. The van der Waals surface area contributed by atoms with Crippen molar-refractivity contribution in [3.8, 4) is 0 Å². The fourth-order valence-electron chi connectivity index (χ4n) is 5.21. The maximum absolute atomic E-state index is 6.91. The fraction of sp³-hybridized carbons (Fsp3) is 0.692. The van der Waals surface area contributed by atoms with Crippen LogP contribution in [0.25, 0.3) is 6.08 Å². The minimum atomic E-state index is -2.92. The summed E-state index contributed by atoms with van der Waals surface area (Å²) in [6, 6.07) is 10.6. The average molecular weight is 429 g/mol. The molecule has 0 heterocycles. The van der Waals surface area contributed by atoms with Crippen LogP contribution in [0.4, 0.5) is 0 Å². The molecule has 4 rings (SSSR count). The third-order valence-corrected chi connectivity index (χ3v) is 9.49. The van der Waals surface area contributed by atoms with Gasteiger partial charge in [0.2, 0.25) is 0 Å². The van der Waals surface area contributed by atoms with Crippen LogP contribution < -0.4 is 0 Å². The normalized spacial score (nSPS) is 23.2. The van der Waals surface area contributed by atoms with Crippen LogP contribution in [0.5, 0.6) is 0 Å². The van der Waals surface area contributed by atoms with Crippen molar-refractivity contribution in [2.75, 3.05) is 0 Å². The Labute approximate surface area is 184 Å². The molecule has 1 aromatic rings. The van der Waals surface area contributed by atoms with E-state index in [0.29, 0.717) is 0 Å². The molecule has 0 bridgehead atoms. The molecule has 0 saturated heterocycles. The first-order chi connectivity index (χ1) is 14.8. The van der Waals surface area contributed by atoms with E-state index in [0.717, 1.165) is 38.5 Å². The second-order valence-corrected chi connectivity index (χ2v) is 11.7. The van der Waals surface area contributed by atoms with Crippen LogP contribution in [-0.2, 0) is 13.3 Å². The zero-order valence-corrected chi connectivity index (χ0v) is 19.6. The Balaban J connectivity index is 1.58. The molecule has 0 atom stereocenters. The maximum atomic E-state index is 6.91. The molecule has 30 heavy (non-hydrogen) atoms. The van der Waals surface area contributed by atoms with Crippen molar-refractivity contribution < 1.29 is 13.3 Å². The second kappa shape index (κ2) is 11.6. The zero-order valence-electron chi connectivity index (χ0n) is 18.6. The predicted octanol–water partition coefficient (Wildman–Crippen LogP) is 7.23. The average Bonchev–Trinajstić information content (AvgIpc) is 2.80. The summed E-state index contributed by atoms with van der Waals surface area (Å²) in [7, 11) is -2.92. The molecule has 166 valence electrons. The maximum Gasteiger partial charge on any atom is 0.530 e. The van der Waals surface area contributed by atoms with Crippen molar-refractivity contribution in [1.82, 2.24) is 0 Å². The summed E-state index contributed by atoms with van der Waals surface area (Å²) in [6.45, 7) is 0. The van der Waals surface area contributed by atoms with Crippen molar-refractivity contribution in [1.29, 1.82) is 0 Å². The highest BCUT2D eigenvalue weighted by molar-refractivity contribution is 6.67. The van der Waals surface area contributed by atoms with Crippen LogP contribution in [-0.4, -0.2) is 27.1 Å². The van der Waals surface area contributed by atoms with E-state index < -0.39 is 8.80 Å². The third kappa shape index (κ3) is 6.78. The van der Waals surface area contributed by atoms with Gasteiger partial charge >= 0.3 is 8.80 Å². The van der Waals surface area contributed by atoms with Gasteiger partial charge in [0.1, 0.15) is 0 Å². The van der Waals surface area contributed by atoms with Gasteiger partial charge in [-0.15, -0.1) is 0 Å². The van der Waals surface area contributed by atoms with Crippen molar-refractivity contribution >= 4 is 14.9 Å². The van der Waals surface area contributed by atoms with Crippen molar-refractivity contribution in [3.63, 3.8) is 0 Å². The smallest absolute Gasteiger partial charge is 0.367 e. The molecular formula is C26H40O3Si. The molecule has 0 amide bonds. The molecule has 0 unspecified atom stereocenters. The van der Waals surface area contributed by atoms with Gasteiger partial charge < -0.3 is 13.3 Å². The van der Waals surface area contributed by atoms with Gasteiger partial charge in [-0.25, -0.2) is 0 Å². The van der Waals surface area contributed by atoms with Crippen LogP contribution in [0, 0.1) is 0 Å². The standard InChI is InChI=1S/C26H40O3Si/c1-5-13-23(14-6-1)21-22-30(27-24-15-7-2-8-16-24,28-25-17-9-3-10-18-25)29-26-19-11-4-12-20-26/h1,5-6,13-14,21-22,24-26H,2-4,7-12,15-20H2. The molecule has 3 nitrogen and oxygen atoms in total. The summed E-state index contributed by atoms with van der Waals surface area (Å²) < 4.78 is 20.7. The van der Waals surface area contributed by atoms with E-state index in [2.05, 4.69) is 42.1 Å². The molecule has 0 aromatic heterocycles. The predicted molar refractivity (Wildman–Crippen MR) is 125 cm³/mol. The molecule has 3 aliphatic carbocycles. The molecule has 0 N–H and O–H groups in total. The van der Waals surface area contributed by atoms with E-state index in [9.17, 15) is 0 Å². The molecule has 3 fully saturated rings. The first kappa shape index (κ1) is 22.3. The van der Waals surface area contributed by atoms with Crippen molar-refractivity contribution in [3.05, 3.63) is 41.6 Å². The SMILES string of the molecule is C(=C[Si](OC1CCCCC1)(OC1CCCCC1)OC1CCCCC1)c1ccccc1. The molecule has 1 aromatic carbocycles. The van der Waals surface area contributed by atoms with Crippen molar-refractivity contribution in [2.24, 2.45) is 0 Å². The summed E-state index contributed by atoms with van der Waals surface area (Å²) in [4.78, 5) is 0. The summed E-state index contributed by atoms with van der Waals surface area (Å²) >= 11 is 0. The highest BCUT2D eigenvalue weighted by Crippen LogP contribution is 2.33. The molecule has 4 heteroatoms. The van der Waals surface area contributed by atoms with Gasteiger partial charge in [0.25, 0.3) is 0 Å². The third-order valence-electron chi connectivity index (χ3n) is 6.93. The van der Waals surface area contributed by atoms with Gasteiger partial charge in [-0.3, -0.25) is 0 Å². The van der Waals surface area contributed by atoms with Gasteiger partial charge in [0, 0.05) is 18.3 Å². The lowest BCUT2D eigenvalue weighted by molar-refractivity contribution is -0.0318. The molecule has 0 aliphatic heterocycles. The van der Waals surface area contributed by atoms with E-state index in [1.807, 2.05) is 0 Å². The Kier molecular flexibility index (Phi) is 8.62. The van der Waals surface area contributed by atoms with Gasteiger partial charge in [-0.2, -0.15) is 0 Å². The lowest BCUT2D eigenvalue weighted by atomic mass is 9.98. The number of benzene rings is 1. The summed E-state index contributed by atoms with van der Waals surface area (Å²) in [5, 5.41) is 0. The first-order valence-corrected chi connectivity index (χ1v) is 14.4. The fourth-order valence-corrected chi connectivity index (χ4v) is 8.11. The molecular weight excluding hydrogens is 388 g/mol. The monoisotopic (exact) mass is 428 g/mol. The van der Waals surface area contributed by atoms with E-state index in [1.165, 1.54) is 63.4 Å². The first-order valence-electron chi connectivity index (χ1n) is 12.6. The Morgan fingerprint density at radius 2 is 0.967 bits per heavy atom. The molecule has 0 radical (unpaired) electrons. The Morgan fingerprint density at radius 3 is 1.37 bits per heavy atom. The number of hydrogen-bond donors (Lipinski definition) is 0. The second-order valence-electron chi connectivity index (χ2n) is 9.48. The Hall–Kier alpha value is -0.943. The Bertz CT molecular complexity index is 579. The summed E-state index contributed by atoms with van der Waals surface area (Å²) in [5.74, 6) is 0. The van der Waals surface area contributed by atoms with Crippen LogP contribution in [0.1, 0.15) is 102 Å². The van der Waals surface area contributed by atoms with Crippen LogP contribution in [0.15, 0.2) is 36.0 Å². The molecule has 3 aliphatic rings. The molecule has 3 saturated carbocycles. The van der Waals surface area contributed by atoms with Crippen molar-refractivity contribution in [2.45, 2.75) is 115 Å². The van der Waals surface area contributed by atoms with Crippen LogP contribution in [0.3, 0.4) is 0 Å². The topological polar surface area (TPSA) is 27.7 Å². The lowest BCUT2D eigenvalue weighted by Gasteiger charge is -2.39. The number of hydrogen-bond acceptors (Lipinski definition) is 3. The molecule has 0 spiro atoms. The highest BCUT2D eigenvalue weighted by Gasteiger charge is 2.46. The Morgan fingerprint density at radius 1 is 0.567 bits per heavy atom. The minimum Gasteiger partial charge on any atom is -0.367 e. The number of rotatable bonds is 8. The lowest BCUT2D eigenvalue weighted by Crippen LogP contribution is -2.52. The van der Waals surface area contributed by atoms with E-state index in [-0.39, 0.29) is 18.3 Å². The summed E-state index contributed by atoms with van der Waals surface area (Å²) in [5.41, 5.74) is 3.42. The van der Waals surface area contributed by atoms with E-state index in [4.69, 9.17) is 13.3 Å². The van der Waals surface area contributed by atoms with Gasteiger partial charge in [-0.1, -0.05) is 94.2 Å². The quantitative estimate of drug-likeness (QED) is 0.409. The van der Waals surface area contributed by atoms with E-state index >= 15 is 0 Å².